The molecule has 0 unspecified atom stereocenters. The van der Waals surface area contributed by atoms with Crippen molar-refractivity contribution in [2.45, 2.75) is 51.7 Å². The zero-order valence-electron chi connectivity index (χ0n) is 14.9. The molecule has 2 aromatic rings. The van der Waals surface area contributed by atoms with Crippen LogP contribution in [-0.4, -0.2) is 24.5 Å². The Bertz CT molecular complexity index is 709. The number of hydrogen-bond acceptors (Lipinski definition) is 5. The molecule has 1 heterocycles. The maximum Gasteiger partial charge on any atom is 0.226 e. The van der Waals surface area contributed by atoms with E-state index in [-0.39, 0.29) is 6.10 Å². The first-order valence-electron chi connectivity index (χ1n) is 8.85. The van der Waals surface area contributed by atoms with Crippen LogP contribution in [0, 0.1) is 12.8 Å². The van der Waals surface area contributed by atoms with E-state index in [0.717, 1.165) is 54.7 Å². The standard InChI is InChI=1S/C20H25NO4/c1-14-19(13-24-18-8-3-5-15(11-18)9-10-22)21-20(25-14)16-6-4-7-17(12-16)23-2/h4,6-7,10,12,15,18H,3,5,8-9,11,13H2,1-2H3/t15-,18-/m1/s1. The summed E-state index contributed by atoms with van der Waals surface area (Å²) in [6.45, 7) is 2.35. The molecule has 2 atom stereocenters. The third kappa shape index (κ3) is 4.48. The summed E-state index contributed by atoms with van der Waals surface area (Å²) in [5, 5.41) is 0. The van der Waals surface area contributed by atoms with Crippen LogP contribution in [0.5, 0.6) is 5.75 Å². The molecule has 3 rings (SSSR count). The van der Waals surface area contributed by atoms with E-state index in [2.05, 4.69) is 4.98 Å². The fraction of sp³-hybridized carbons (Fsp3) is 0.500. The number of methoxy groups -OCH3 is 1. The van der Waals surface area contributed by atoms with Gasteiger partial charge in [0, 0.05) is 12.0 Å². The van der Waals surface area contributed by atoms with Crippen molar-refractivity contribution in [3.8, 4) is 17.2 Å². The van der Waals surface area contributed by atoms with Gasteiger partial charge < -0.3 is 18.7 Å². The molecule has 0 spiro atoms. The lowest BCUT2D eigenvalue weighted by atomic mass is 9.85. The van der Waals surface area contributed by atoms with Gasteiger partial charge in [-0.05, 0) is 50.3 Å². The quantitative estimate of drug-likeness (QED) is 0.701. The van der Waals surface area contributed by atoms with Crippen molar-refractivity contribution in [3.05, 3.63) is 35.7 Å². The summed E-state index contributed by atoms with van der Waals surface area (Å²) < 4.78 is 17.1. The second-order valence-corrected chi connectivity index (χ2v) is 6.62. The molecule has 1 aromatic carbocycles. The summed E-state index contributed by atoms with van der Waals surface area (Å²) in [5.74, 6) is 2.59. The van der Waals surface area contributed by atoms with Gasteiger partial charge in [0.1, 0.15) is 23.5 Å². The number of hydrogen-bond donors (Lipinski definition) is 0. The normalized spacial score (nSPS) is 20.4. The van der Waals surface area contributed by atoms with Crippen LogP contribution >= 0.6 is 0 Å². The molecular formula is C20H25NO4. The average Bonchev–Trinajstić information content (AvgIpc) is 3.01. The summed E-state index contributed by atoms with van der Waals surface area (Å²) in [4.78, 5) is 15.3. The monoisotopic (exact) mass is 343 g/mol. The zero-order chi connectivity index (χ0) is 17.6. The maximum absolute atomic E-state index is 10.7. The highest BCUT2D eigenvalue weighted by atomic mass is 16.5. The second-order valence-electron chi connectivity index (χ2n) is 6.62. The number of ether oxygens (including phenoxy) is 2. The summed E-state index contributed by atoms with van der Waals surface area (Å²) in [6, 6.07) is 7.66. The average molecular weight is 343 g/mol. The molecule has 1 aliphatic carbocycles. The Morgan fingerprint density at radius 3 is 3.04 bits per heavy atom. The van der Waals surface area contributed by atoms with Crippen molar-refractivity contribution in [2.24, 2.45) is 5.92 Å². The summed E-state index contributed by atoms with van der Waals surface area (Å²) in [5.41, 5.74) is 1.72. The maximum atomic E-state index is 10.7. The molecule has 0 aliphatic heterocycles. The van der Waals surface area contributed by atoms with Crippen LogP contribution in [0.25, 0.3) is 11.5 Å². The molecule has 1 aromatic heterocycles. The van der Waals surface area contributed by atoms with Crippen molar-refractivity contribution in [1.29, 1.82) is 0 Å². The Morgan fingerprint density at radius 2 is 2.24 bits per heavy atom. The molecule has 0 saturated heterocycles. The van der Waals surface area contributed by atoms with Crippen molar-refractivity contribution >= 4 is 6.29 Å². The van der Waals surface area contributed by atoms with Gasteiger partial charge in [0.15, 0.2) is 0 Å². The first-order chi connectivity index (χ1) is 12.2. The van der Waals surface area contributed by atoms with Gasteiger partial charge in [0.25, 0.3) is 0 Å². The number of benzene rings is 1. The number of nitrogens with zero attached hydrogens (tertiary/aromatic N) is 1. The van der Waals surface area contributed by atoms with Gasteiger partial charge in [-0.1, -0.05) is 12.5 Å². The van der Waals surface area contributed by atoms with E-state index >= 15 is 0 Å². The lowest BCUT2D eigenvalue weighted by Gasteiger charge is -2.27. The number of aldehydes is 1. The van der Waals surface area contributed by atoms with Crippen molar-refractivity contribution < 1.29 is 18.7 Å². The fourth-order valence-corrected chi connectivity index (χ4v) is 3.38. The van der Waals surface area contributed by atoms with Gasteiger partial charge in [-0.2, -0.15) is 0 Å². The molecular weight excluding hydrogens is 318 g/mol. The molecule has 0 bridgehead atoms. The van der Waals surface area contributed by atoms with E-state index < -0.39 is 0 Å². The number of aryl methyl sites for hydroxylation is 1. The van der Waals surface area contributed by atoms with Crippen LogP contribution in [0.15, 0.2) is 28.7 Å². The van der Waals surface area contributed by atoms with Crippen LogP contribution in [0.1, 0.15) is 43.6 Å². The molecule has 25 heavy (non-hydrogen) atoms. The molecule has 0 radical (unpaired) electrons. The third-order valence-electron chi connectivity index (χ3n) is 4.83. The largest absolute Gasteiger partial charge is 0.497 e. The van der Waals surface area contributed by atoms with Gasteiger partial charge in [0.2, 0.25) is 5.89 Å². The summed E-state index contributed by atoms with van der Waals surface area (Å²) in [7, 11) is 1.64. The smallest absolute Gasteiger partial charge is 0.226 e. The van der Waals surface area contributed by atoms with E-state index in [9.17, 15) is 4.79 Å². The molecule has 5 nitrogen and oxygen atoms in total. The Morgan fingerprint density at radius 1 is 1.36 bits per heavy atom. The highest BCUT2D eigenvalue weighted by Crippen LogP contribution is 2.30. The van der Waals surface area contributed by atoms with Crippen LogP contribution in [0.4, 0.5) is 0 Å². The van der Waals surface area contributed by atoms with E-state index in [1.54, 1.807) is 7.11 Å². The van der Waals surface area contributed by atoms with Crippen molar-refractivity contribution in [3.63, 3.8) is 0 Å². The SMILES string of the molecule is COc1cccc(-c2nc(CO[C@@H]3CCC[C@H](CC=O)C3)c(C)o2)c1. The van der Waals surface area contributed by atoms with Crippen LogP contribution in [0.3, 0.4) is 0 Å². The van der Waals surface area contributed by atoms with E-state index in [1.165, 1.54) is 0 Å². The van der Waals surface area contributed by atoms with Crippen molar-refractivity contribution in [1.82, 2.24) is 4.98 Å². The topological polar surface area (TPSA) is 61.6 Å². The zero-order valence-corrected chi connectivity index (χ0v) is 14.9. The molecule has 0 amide bonds. The fourth-order valence-electron chi connectivity index (χ4n) is 3.38. The van der Waals surface area contributed by atoms with E-state index in [0.29, 0.717) is 24.8 Å². The number of aromatic nitrogens is 1. The summed E-state index contributed by atoms with van der Waals surface area (Å²) in [6.07, 6.45) is 6.12. The number of rotatable bonds is 7. The number of carbonyl (C=O) groups is 1. The lowest BCUT2D eigenvalue weighted by molar-refractivity contribution is -0.109. The minimum atomic E-state index is 0.204. The van der Waals surface area contributed by atoms with Crippen molar-refractivity contribution in [2.75, 3.05) is 7.11 Å². The Kier molecular flexibility index (Phi) is 5.87. The molecule has 1 aliphatic rings. The van der Waals surface area contributed by atoms with Gasteiger partial charge in [-0.25, -0.2) is 4.98 Å². The molecule has 1 fully saturated rings. The first kappa shape index (κ1) is 17.7. The predicted molar refractivity (Wildman–Crippen MR) is 94.4 cm³/mol. The molecule has 134 valence electrons. The van der Waals surface area contributed by atoms with E-state index in [4.69, 9.17) is 13.9 Å². The number of oxazole rings is 1. The third-order valence-corrected chi connectivity index (χ3v) is 4.83. The van der Waals surface area contributed by atoms with Crippen LogP contribution < -0.4 is 4.74 Å². The van der Waals surface area contributed by atoms with Gasteiger partial charge in [-0.3, -0.25) is 0 Å². The second kappa shape index (κ2) is 8.30. The van der Waals surface area contributed by atoms with E-state index in [1.807, 2.05) is 31.2 Å². The number of carbonyl (C=O) groups excluding carboxylic acids is 1. The molecule has 1 saturated carbocycles. The minimum absolute atomic E-state index is 0.204. The minimum Gasteiger partial charge on any atom is -0.497 e. The Labute approximate surface area is 148 Å². The van der Waals surface area contributed by atoms with Crippen LogP contribution in [0.2, 0.25) is 0 Å². The summed E-state index contributed by atoms with van der Waals surface area (Å²) >= 11 is 0. The van der Waals surface area contributed by atoms with Gasteiger partial charge in [0.05, 0.1) is 19.8 Å². The molecule has 0 N–H and O–H groups in total. The first-order valence-corrected chi connectivity index (χ1v) is 8.85. The van der Waals surface area contributed by atoms with Gasteiger partial charge >= 0.3 is 0 Å². The lowest BCUT2D eigenvalue weighted by Crippen LogP contribution is -2.23. The highest BCUT2D eigenvalue weighted by Gasteiger charge is 2.23. The Balaban J connectivity index is 1.63. The Hall–Kier alpha value is -2.14. The van der Waals surface area contributed by atoms with Crippen LogP contribution in [-0.2, 0) is 16.1 Å². The molecule has 5 heteroatoms. The van der Waals surface area contributed by atoms with Gasteiger partial charge in [-0.15, -0.1) is 0 Å². The predicted octanol–water partition coefficient (Wildman–Crippen LogP) is 4.32. The highest BCUT2D eigenvalue weighted by molar-refractivity contribution is 5.56.